The Labute approximate surface area is 139 Å². The summed E-state index contributed by atoms with van der Waals surface area (Å²) in [5.41, 5.74) is -3.66. The Bertz CT molecular complexity index is 874. The van der Waals surface area contributed by atoms with E-state index in [-0.39, 0.29) is 0 Å². The standard InChI is InChI=1S/C15H5F8NO2/c16-8-7(9(17)11(19)12(20)10(8)18)14(26)24-13(25)5-1-3-6(4-2-5)15(21,22)23/h1-4H,(H,24,25,26)/p-1. The molecule has 0 saturated carbocycles. The van der Waals surface area contributed by atoms with Crippen molar-refractivity contribution in [1.29, 1.82) is 0 Å². The normalized spacial score (nSPS) is 12.4. The van der Waals surface area contributed by atoms with Gasteiger partial charge in [-0.05, 0) is 23.6 Å². The van der Waals surface area contributed by atoms with Crippen LogP contribution in [0.4, 0.5) is 35.1 Å². The maximum absolute atomic E-state index is 13.5. The predicted molar refractivity (Wildman–Crippen MR) is 68.5 cm³/mol. The van der Waals surface area contributed by atoms with Gasteiger partial charge < -0.3 is 5.11 Å². The number of halogens is 8. The largest absolute Gasteiger partial charge is 0.858 e. The van der Waals surface area contributed by atoms with Gasteiger partial charge >= 0.3 is 6.18 Å². The van der Waals surface area contributed by atoms with Gasteiger partial charge in [0.15, 0.2) is 23.3 Å². The highest BCUT2D eigenvalue weighted by Crippen LogP contribution is 2.29. The summed E-state index contributed by atoms with van der Waals surface area (Å²) in [7, 11) is 0. The Kier molecular flexibility index (Phi) is 5.01. The number of aliphatic imine (C=N–C) groups is 1. The molecule has 11 heteroatoms. The van der Waals surface area contributed by atoms with Crippen molar-refractivity contribution in [3.63, 3.8) is 0 Å². The lowest BCUT2D eigenvalue weighted by atomic mass is 10.1. The van der Waals surface area contributed by atoms with Crippen molar-refractivity contribution in [2.45, 2.75) is 6.18 Å². The zero-order valence-corrected chi connectivity index (χ0v) is 12.1. The van der Waals surface area contributed by atoms with Crippen LogP contribution in [0.15, 0.2) is 29.3 Å². The van der Waals surface area contributed by atoms with E-state index in [9.17, 15) is 45.0 Å². The van der Waals surface area contributed by atoms with Gasteiger partial charge in [-0.1, -0.05) is 12.1 Å². The second-order valence-electron chi connectivity index (χ2n) is 4.74. The van der Waals surface area contributed by atoms with E-state index in [1.54, 1.807) is 0 Å². The molecule has 3 nitrogen and oxygen atoms in total. The van der Waals surface area contributed by atoms with E-state index < -0.39 is 63.8 Å². The van der Waals surface area contributed by atoms with Crippen LogP contribution in [-0.2, 0) is 6.18 Å². The number of carbonyl (C=O) groups is 1. The van der Waals surface area contributed by atoms with E-state index in [1.807, 2.05) is 0 Å². The first kappa shape index (κ1) is 19.3. The number of hydrogen-bond acceptors (Lipinski definition) is 2. The van der Waals surface area contributed by atoms with Crippen molar-refractivity contribution in [1.82, 2.24) is 0 Å². The highest BCUT2D eigenvalue weighted by atomic mass is 19.4. The van der Waals surface area contributed by atoms with Gasteiger partial charge in [0.05, 0.1) is 5.56 Å². The fourth-order valence-corrected chi connectivity index (χ4v) is 1.81. The molecule has 0 radical (unpaired) electrons. The van der Waals surface area contributed by atoms with Gasteiger partial charge in [-0.15, -0.1) is 0 Å². The molecule has 0 fully saturated rings. The van der Waals surface area contributed by atoms with Gasteiger partial charge in [0.1, 0.15) is 5.56 Å². The first-order chi connectivity index (χ1) is 11.9. The fourth-order valence-electron chi connectivity index (χ4n) is 1.81. The van der Waals surface area contributed by atoms with Gasteiger partial charge in [0.2, 0.25) is 5.82 Å². The van der Waals surface area contributed by atoms with Crippen LogP contribution in [0.5, 0.6) is 0 Å². The Morgan fingerprint density at radius 2 is 1.23 bits per heavy atom. The molecule has 2 aromatic rings. The van der Waals surface area contributed by atoms with Crippen LogP contribution in [0, 0.1) is 29.1 Å². The van der Waals surface area contributed by atoms with Gasteiger partial charge in [0.25, 0.3) is 5.91 Å². The van der Waals surface area contributed by atoms with Gasteiger partial charge in [-0.2, -0.15) is 13.2 Å². The van der Waals surface area contributed by atoms with E-state index >= 15 is 0 Å². The van der Waals surface area contributed by atoms with Crippen LogP contribution in [0.3, 0.4) is 0 Å². The number of rotatable bonds is 2. The second-order valence-corrected chi connectivity index (χ2v) is 4.74. The van der Waals surface area contributed by atoms with Crippen molar-refractivity contribution in [3.8, 4) is 0 Å². The fraction of sp³-hybridized carbons (Fsp3) is 0.0667. The van der Waals surface area contributed by atoms with Crippen LogP contribution in [0.1, 0.15) is 21.5 Å². The summed E-state index contributed by atoms with van der Waals surface area (Å²) in [6.07, 6.45) is -4.70. The van der Waals surface area contributed by atoms with Gasteiger partial charge in [-0.3, -0.25) is 4.79 Å². The molecule has 0 aliphatic heterocycles. The van der Waals surface area contributed by atoms with Crippen molar-refractivity contribution in [2.75, 3.05) is 0 Å². The lowest BCUT2D eigenvalue weighted by molar-refractivity contribution is -0.212. The number of carbonyl (C=O) groups excluding carboxylic acids is 1. The third-order valence-electron chi connectivity index (χ3n) is 3.09. The number of amides is 1. The highest BCUT2D eigenvalue weighted by molar-refractivity contribution is 6.05. The smallest absolute Gasteiger partial charge is 0.416 e. The summed E-state index contributed by atoms with van der Waals surface area (Å²) in [5, 5.41) is 11.7. The number of nitrogens with zero attached hydrogens (tertiary/aromatic N) is 1. The van der Waals surface area contributed by atoms with Crippen LogP contribution >= 0.6 is 0 Å². The lowest BCUT2D eigenvalue weighted by Gasteiger charge is -2.12. The summed E-state index contributed by atoms with van der Waals surface area (Å²) >= 11 is 0. The molecule has 0 atom stereocenters. The Hall–Kier alpha value is -2.98. The van der Waals surface area contributed by atoms with Crippen molar-refractivity contribution in [3.05, 3.63) is 70.0 Å². The van der Waals surface area contributed by atoms with E-state index in [1.165, 1.54) is 0 Å². The molecule has 0 aliphatic carbocycles. The number of hydrogen-bond donors (Lipinski definition) is 0. The molecule has 1 amide bonds. The van der Waals surface area contributed by atoms with Crippen molar-refractivity contribution >= 4 is 11.8 Å². The molecule has 0 aromatic heterocycles. The SMILES string of the molecule is O=C(N=C([O-])c1ccc(C(F)(F)F)cc1)c1c(F)c(F)c(F)c(F)c1F. The summed E-state index contributed by atoms with van der Waals surface area (Å²) in [6.45, 7) is 0. The lowest BCUT2D eigenvalue weighted by Crippen LogP contribution is -2.22. The molecule has 2 aromatic carbocycles. The van der Waals surface area contributed by atoms with Crippen LogP contribution in [-0.4, -0.2) is 11.8 Å². The molecule has 0 bridgehead atoms. The molecule has 0 saturated heterocycles. The zero-order valence-electron chi connectivity index (χ0n) is 12.1. The van der Waals surface area contributed by atoms with Crippen LogP contribution < -0.4 is 5.11 Å². The minimum Gasteiger partial charge on any atom is -0.858 e. The van der Waals surface area contributed by atoms with E-state index in [4.69, 9.17) is 0 Å². The Morgan fingerprint density at radius 1 is 0.808 bits per heavy atom. The van der Waals surface area contributed by atoms with Gasteiger partial charge in [0, 0.05) is 0 Å². The molecule has 26 heavy (non-hydrogen) atoms. The topological polar surface area (TPSA) is 52.5 Å². The highest BCUT2D eigenvalue weighted by Gasteiger charge is 2.31. The average Bonchev–Trinajstić information content (AvgIpc) is 2.57. The predicted octanol–water partition coefficient (Wildman–Crippen LogP) is 3.35. The first-order valence-corrected chi connectivity index (χ1v) is 6.44. The molecule has 2 rings (SSSR count). The zero-order chi connectivity index (χ0) is 19.8. The van der Waals surface area contributed by atoms with E-state index in [0.717, 1.165) is 0 Å². The van der Waals surface area contributed by atoms with Crippen molar-refractivity contribution in [2.24, 2.45) is 4.99 Å². The summed E-state index contributed by atoms with van der Waals surface area (Å²) in [4.78, 5) is 14.3. The molecule has 0 spiro atoms. The van der Waals surface area contributed by atoms with E-state index in [0.29, 0.717) is 24.3 Å². The molecule has 138 valence electrons. The van der Waals surface area contributed by atoms with E-state index in [2.05, 4.69) is 4.99 Å². The molecular formula is C15H4F8NO2-. The minimum atomic E-state index is -4.70. The van der Waals surface area contributed by atoms with Gasteiger partial charge in [-0.25, -0.2) is 26.9 Å². The minimum absolute atomic E-state index is 0.478. The second kappa shape index (κ2) is 6.73. The summed E-state index contributed by atoms with van der Waals surface area (Å²) in [5.74, 6) is -15.9. The van der Waals surface area contributed by atoms with Crippen LogP contribution in [0.2, 0.25) is 0 Å². The number of benzene rings is 2. The monoisotopic (exact) mass is 382 g/mol. The molecular weight excluding hydrogens is 378 g/mol. The summed E-state index contributed by atoms with van der Waals surface area (Å²) < 4.78 is 103. The third kappa shape index (κ3) is 3.51. The molecule has 0 aliphatic rings. The molecule has 0 N–H and O–H groups in total. The summed E-state index contributed by atoms with van der Waals surface area (Å²) in [6, 6.07) is 2.21. The molecule has 0 unspecified atom stereocenters. The van der Waals surface area contributed by atoms with Crippen LogP contribution in [0.25, 0.3) is 0 Å². The molecule has 0 heterocycles. The quantitative estimate of drug-likeness (QED) is 0.263. The average molecular weight is 382 g/mol. The first-order valence-electron chi connectivity index (χ1n) is 6.44. The maximum atomic E-state index is 13.5. The Morgan fingerprint density at radius 3 is 1.65 bits per heavy atom. The maximum Gasteiger partial charge on any atom is 0.416 e. The Balaban J connectivity index is 2.43. The number of alkyl halides is 3. The van der Waals surface area contributed by atoms with Crippen molar-refractivity contribution < 1.29 is 45.0 Å². The third-order valence-corrected chi connectivity index (χ3v) is 3.09.